The van der Waals surface area contributed by atoms with E-state index in [0.717, 1.165) is 0 Å². The van der Waals surface area contributed by atoms with E-state index in [1.54, 1.807) is 0 Å². The van der Waals surface area contributed by atoms with Crippen molar-refractivity contribution in [2.45, 2.75) is 48.4 Å². The summed E-state index contributed by atoms with van der Waals surface area (Å²) in [6.45, 7) is 0. The summed E-state index contributed by atoms with van der Waals surface area (Å²) < 4.78 is 164. The average molecular weight is 424 g/mol. The predicted octanol–water partition coefficient (Wildman–Crippen LogP) is 3.99. The van der Waals surface area contributed by atoms with Crippen LogP contribution in [0, 0.1) is 29.1 Å². The van der Waals surface area contributed by atoms with Crippen LogP contribution in [0.1, 0.15) is 6.42 Å². The molecule has 27 heavy (non-hydrogen) atoms. The van der Waals surface area contributed by atoms with Gasteiger partial charge in [-0.3, -0.25) is 0 Å². The van der Waals surface area contributed by atoms with Crippen molar-refractivity contribution in [1.29, 1.82) is 0 Å². The highest BCUT2D eigenvalue weighted by molar-refractivity contribution is 5.43. The lowest BCUT2D eigenvalue weighted by atomic mass is 9.66. The molecule has 2 nitrogen and oxygen atoms in total. The van der Waals surface area contributed by atoms with Crippen LogP contribution in [-0.2, 0) is 4.74 Å². The van der Waals surface area contributed by atoms with Crippen molar-refractivity contribution in [2.24, 2.45) is 29.1 Å². The topological polar surface area (TPSA) is 29.5 Å². The minimum Gasteiger partial charge on any atom is -0.373 e. The van der Waals surface area contributed by atoms with Gasteiger partial charge in [-0.05, 0) is 24.2 Å². The van der Waals surface area contributed by atoms with Crippen molar-refractivity contribution in [2.75, 3.05) is 0 Å². The molecule has 4 saturated carbocycles. The van der Waals surface area contributed by atoms with Gasteiger partial charge in [0.1, 0.15) is 0 Å². The molecule has 4 aliphatic carbocycles. The largest absolute Gasteiger partial charge is 0.426 e. The molecule has 5 fully saturated rings. The maximum absolute atomic E-state index is 13.4. The molecule has 0 aromatic rings. The van der Waals surface area contributed by atoms with Gasteiger partial charge in [0.2, 0.25) is 0 Å². The lowest BCUT2D eigenvalue weighted by Gasteiger charge is -2.48. The third-order valence-electron chi connectivity index (χ3n) is 6.78. The third-order valence-corrected chi connectivity index (χ3v) is 6.78. The molecule has 1 saturated heterocycles. The zero-order valence-electron chi connectivity index (χ0n) is 12.5. The monoisotopic (exact) mass is 424 g/mol. The molecule has 156 valence electrons. The van der Waals surface area contributed by atoms with E-state index in [0.29, 0.717) is 0 Å². The van der Waals surface area contributed by atoms with Gasteiger partial charge in [-0.1, -0.05) is 0 Å². The average Bonchev–Trinajstić information content (AvgIpc) is 2.79. The van der Waals surface area contributed by atoms with Crippen LogP contribution in [0.2, 0.25) is 0 Å². The second kappa shape index (κ2) is 4.31. The smallest absolute Gasteiger partial charge is 0.373 e. The third kappa shape index (κ3) is 1.61. The van der Waals surface area contributed by atoms with Crippen molar-refractivity contribution in [3.8, 4) is 0 Å². The maximum Gasteiger partial charge on any atom is 0.426 e. The molecule has 6 atom stereocenters. The van der Waals surface area contributed by atoms with Gasteiger partial charge < -0.3 is 9.84 Å². The number of aliphatic hydroxyl groups is 1. The summed E-state index contributed by atoms with van der Waals surface area (Å²) >= 11 is 0. The predicted molar refractivity (Wildman–Crippen MR) is 57.8 cm³/mol. The lowest BCUT2D eigenvalue weighted by molar-refractivity contribution is -0.434. The fourth-order valence-corrected chi connectivity index (χ4v) is 6.29. The molecule has 4 unspecified atom stereocenters. The number of hydrogen-bond donors (Lipinski definition) is 1. The summed E-state index contributed by atoms with van der Waals surface area (Å²) in [5.74, 6) is -8.71. The second-order valence-electron chi connectivity index (χ2n) is 7.46. The molecule has 0 amide bonds. The van der Waals surface area contributed by atoms with Crippen LogP contribution in [0.15, 0.2) is 0 Å². The molecule has 1 aliphatic heterocycles. The summed E-state index contributed by atoms with van der Waals surface area (Å²) in [4.78, 5) is 0. The molecule has 5 aliphatic rings. The summed E-state index contributed by atoms with van der Waals surface area (Å²) in [5, 5.41) is 9.73. The van der Waals surface area contributed by atoms with E-state index < -0.39 is 77.5 Å². The van der Waals surface area contributed by atoms with Crippen LogP contribution in [0.4, 0.5) is 52.7 Å². The molecular weight excluding hydrogens is 416 g/mol. The highest BCUT2D eigenvalue weighted by Crippen LogP contribution is 2.93. The second-order valence-corrected chi connectivity index (χ2v) is 7.46. The van der Waals surface area contributed by atoms with E-state index in [1.807, 2.05) is 0 Å². The standard InChI is InChI=1S/C13H8F12O2/c14-10(15,16)8(11(17,18)19)6-2-1-3-4(5(2)27-8)7(3,6)9(26,12(20,21)22)13(23,24)25/h2-6,26H,1H2/t2-,3+,4?,5?,6?,7?/m0/s1. The van der Waals surface area contributed by atoms with Gasteiger partial charge in [-0.25, -0.2) is 0 Å². The van der Waals surface area contributed by atoms with E-state index in [-0.39, 0.29) is 0 Å². The van der Waals surface area contributed by atoms with Gasteiger partial charge in [0.15, 0.2) is 0 Å². The maximum atomic E-state index is 13.4. The normalized spacial score (nSPS) is 42.8. The van der Waals surface area contributed by atoms with Gasteiger partial charge in [0.05, 0.1) is 6.10 Å². The van der Waals surface area contributed by atoms with E-state index in [4.69, 9.17) is 0 Å². The first-order valence-electron chi connectivity index (χ1n) is 7.49. The van der Waals surface area contributed by atoms with Crippen molar-refractivity contribution in [1.82, 2.24) is 0 Å². The Kier molecular flexibility index (Phi) is 3.10. The van der Waals surface area contributed by atoms with Gasteiger partial charge in [-0.2, -0.15) is 52.7 Å². The van der Waals surface area contributed by atoms with Crippen molar-refractivity contribution < 1.29 is 62.5 Å². The lowest BCUT2D eigenvalue weighted by Crippen LogP contribution is -2.72. The van der Waals surface area contributed by atoms with Crippen LogP contribution in [0.5, 0.6) is 0 Å². The molecular formula is C13H8F12O2. The van der Waals surface area contributed by atoms with Gasteiger partial charge in [0.25, 0.3) is 11.2 Å². The molecule has 5 rings (SSSR count). The van der Waals surface area contributed by atoms with E-state index in [9.17, 15) is 57.8 Å². The minimum absolute atomic E-state index is 0.734. The summed E-state index contributed by atoms with van der Waals surface area (Å²) in [6, 6.07) is 0. The molecule has 14 heteroatoms. The molecule has 0 aromatic carbocycles. The first-order valence-corrected chi connectivity index (χ1v) is 7.49. The first-order chi connectivity index (χ1) is 11.8. The highest BCUT2D eigenvalue weighted by Gasteiger charge is 3.05. The van der Waals surface area contributed by atoms with Crippen LogP contribution in [0.3, 0.4) is 0 Å². The Balaban J connectivity index is 1.98. The minimum atomic E-state index is -6.53. The Morgan fingerprint density at radius 1 is 0.778 bits per heavy atom. The van der Waals surface area contributed by atoms with Crippen molar-refractivity contribution >= 4 is 0 Å². The van der Waals surface area contributed by atoms with Gasteiger partial charge in [0, 0.05) is 11.3 Å². The van der Waals surface area contributed by atoms with E-state index >= 15 is 0 Å². The summed E-state index contributed by atoms with van der Waals surface area (Å²) in [6.07, 6.45) is -28.5. The van der Waals surface area contributed by atoms with E-state index in [1.165, 1.54) is 0 Å². The Morgan fingerprint density at radius 3 is 1.56 bits per heavy atom. The fourth-order valence-electron chi connectivity index (χ4n) is 6.29. The van der Waals surface area contributed by atoms with Crippen molar-refractivity contribution in [3.63, 3.8) is 0 Å². The molecule has 0 spiro atoms. The zero-order valence-corrected chi connectivity index (χ0v) is 12.5. The molecule has 1 N–H and O–H groups in total. The quantitative estimate of drug-likeness (QED) is 0.646. The Morgan fingerprint density at radius 2 is 1.22 bits per heavy atom. The van der Waals surface area contributed by atoms with Crippen LogP contribution in [-0.4, -0.2) is 47.1 Å². The summed E-state index contributed by atoms with van der Waals surface area (Å²) in [5.41, 5.74) is -14.6. The highest BCUT2D eigenvalue weighted by atomic mass is 19.4. The number of halogens is 12. The fraction of sp³-hybridized carbons (Fsp3) is 1.00. The number of hydrogen-bond acceptors (Lipinski definition) is 2. The Labute approximate surface area is 141 Å². The molecule has 1 heterocycles. The zero-order chi connectivity index (χ0) is 20.8. The molecule has 0 radical (unpaired) electrons. The van der Waals surface area contributed by atoms with Gasteiger partial charge in [-0.15, -0.1) is 0 Å². The first kappa shape index (κ1) is 19.4. The van der Waals surface area contributed by atoms with Gasteiger partial charge >= 0.3 is 24.7 Å². The Hall–Kier alpha value is -0.920. The number of alkyl halides is 12. The molecule has 0 aromatic heterocycles. The molecule has 6 bridgehead atoms. The van der Waals surface area contributed by atoms with Crippen molar-refractivity contribution in [3.05, 3.63) is 0 Å². The number of ether oxygens (including phenoxy) is 1. The summed E-state index contributed by atoms with van der Waals surface area (Å²) in [7, 11) is 0. The van der Waals surface area contributed by atoms with E-state index in [2.05, 4.69) is 4.74 Å². The Bertz CT molecular complexity index is 633. The SMILES string of the molecule is OC(C(F)(F)F)(C(F)(F)F)C12C3C4OC(C(F)(F)F)(C(F)(F)F)C1[C@H]4C[C@H]32. The number of rotatable bonds is 1. The van der Waals surface area contributed by atoms with Crippen LogP contribution < -0.4 is 0 Å². The van der Waals surface area contributed by atoms with Crippen LogP contribution >= 0.6 is 0 Å². The van der Waals surface area contributed by atoms with Crippen LogP contribution in [0.25, 0.3) is 0 Å².